The number of alkyl halides is 1. The highest BCUT2D eigenvalue weighted by atomic mass is 35.5. The first kappa shape index (κ1) is 14.0. The standard InChI is InChI=1S/C17H16ClNO2/c18-11-14(12-6-2-1-3-7-12)19-17(20)16-10-13-8-4-5-9-15(13)21-16/h1-9,14,16H,10-11H2,(H,19,20). The van der Waals surface area contributed by atoms with Crippen LogP contribution in [0.15, 0.2) is 54.6 Å². The Kier molecular flexibility index (Phi) is 4.11. The lowest BCUT2D eigenvalue weighted by molar-refractivity contribution is -0.127. The van der Waals surface area contributed by atoms with Crippen molar-refractivity contribution in [2.75, 3.05) is 5.88 Å². The Labute approximate surface area is 128 Å². The van der Waals surface area contributed by atoms with Crippen LogP contribution in [0.1, 0.15) is 17.2 Å². The third kappa shape index (κ3) is 3.03. The normalized spacial score (nSPS) is 17.7. The molecular weight excluding hydrogens is 286 g/mol. The van der Waals surface area contributed by atoms with E-state index in [1.807, 2.05) is 54.6 Å². The second-order valence-electron chi connectivity index (χ2n) is 5.04. The molecule has 0 bridgehead atoms. The molecule has 0 fully saturated rings. The van der Waals surface area contributed by atoms with Crippen molar-refractivity contribution >= 4 is 17.5 Å². The van der Waals surface area contributed by atoms with E-state index in [4.69, 9.17) is 16.3 Å². The number of carbonyl (C=O) groups is 1. The topological polar surface area (TPSA) is 38.3 Å². The van der Waals surface area contributed by atoms with Gasteiger partial charge in [0, 0.05) is 12.3 Å². The SMILES string of the molecule is O=C(NC(CCl)c1ccccc1)C1Cc2ccccc2O1. The molecule has 0 aliphatic carbocycles. The minimum Gasteiger partial charge on any atom is -0.480 e. The summed E-state index contributed by atoms with van der Waals surface area (Å²) in [7, 11) is 0. The Morgan fingerprint density at radius 1 is 1.19 bits per heavy atom. The van der Waals surface area contributed by atoms with Crippen LogP contribution in [0.25, 0.3) is 0 Å². The maximum absolute atomic E-state index is 12.4. The molecule has 2 aromatic carbocycles. The summed E-state index contributed by atoms with van der Waals surface area (Å²) in [5.74, 6) is 0.996. The lowest BCUT2D eigenvalue weighted by atomic mass is 10.1. The molecule has 1 aliphatic heterocycles. The molecule has 2 unspecified atom stereocenters. The van der Waals surface area contributed by atoms with E-state index in [2.05, 4.69) is 5.32 Å². The molecule has 0 saturated heterocycles. The summed E-state index contributed by atoms with van der Waals surface area (Å²) < 4.78 is 5.69. The van der Waals surface area contributed by atoms with Gasteiger partial charge in [-0.1, -0.05) is 48.5 Å². The van der Waals surface area contributed by atoms with Crippen LogP contribution in [0.4, 0.5) is 0 Å². The van der Waals surface area contributed by atoms with Crippen molar-refractivity contribution in [3.63, 3.8) is 0 Å². The van der Waals surface area contributed by atoms with E-state index < -0.39 is 6.10 Å². The van der Waals surface area contributed by atoms with Gasteiger partial charge in [0.25, 0.3) is 5.91 Å². The van der Waals surface area contributed by atoms with Gasteiger partial charge in [0.15, 0.2) is 6.10 Å². The number of rotatable bonds is 4. The summed E-state index contributed by atoms with van der Waals surface area (Å²) in [6, 6.07) is 17.2. The highest BCUT2D eigenvalue weighted by Crippen LogP contribution is 2.28. The van der Waals surface area contributed by atoms with E-state index in [0.717, 1.165) is 16.9 Å². The third-order valence-electron chi connectivity index (χ3n) is 3.61. The van der Waals surface area contributed by atoms with E-state index >= 15 is 0 Å². The van der Waals surface area contributed by atoms with Gasteiger partial charge < -0.3 is 10.1 Å². The maximum Gasteiger partial charge on any atom is 0.261 e. The first-order valence-corrected chi connectivity index (χ1v) is 7.47. The zero-order valence-corrected chi connectivity index (χ0v) is 12.2. The van der Waals surface area contributed by atoms with Gasteiger partial charge in [-0.25, -0.2) is 0 Å². The monoisotopic (exact) mass is 301 g/mol. The predicted octanol–water partition coefficient (Wildman–Crippen LogP) is 3.09. The van der Waals surface area contributed by atoms with Crippen LogP contribution in [-0.2, 0) is 11.2 Å². The molecule has 1 amide bonds. The molecule has 1 N–H and O–H groups in total. The fourth-order valence-electron chi connectivity index (χ4n) is 2.49. The summed E-state index contributed by atoms with van der Waals surface area (Å²) in [6.07, 6.45) is 0.128. The highest BCUT2D eigenvalue weighted by molar-refractivity contribution is 6.18. The molecule has 21 heavy (non-hydrogen) atoms. The molecule has 0 spiro atoms. The van der Waals surface area contributed by atoms with Crippen molar-refractivity contribution in [2.24, 2.45) is 0 Å². The fourth-order valence-corrected chi connectivity index (χ4v) is 2.74. The number of hydrogen-bond donors (Lipinski definition) is 1. The van der Waals surface area contributed by atoms with Gasteiger partial charge in [0.2, 0.25) is 0 Å². The van der Waals surface area contributed by atoms with Crippen molar-refractivity contribution in [2.45, 2.75) is 18.6 Å². The number of benzene rings is 2. The zero-order chi connectivity index (χ0) is 14.7. The number of halogens is 1. The molecule has 108 valence electrons. The van der Waals surface area contributed by atoms with E-state index in [1.165, 1.54) is 0 Å². The largest absolute Gasteiger partial charge is 0.480 e. The quantitative estimate of drug-likeness (QED) is 0.881. The molecule has 2 aromatic rings. The summed E-state index contributed by atoms with van der Waals surface area (Å²) in [6.45, 7) is 0. The third-order valence-corrected chi connectivity index (χ3v) is 3.92. The molecule has 0 radical (unpaired) electrons. The number of ether oxygens (including phenoxy) is 1. The molecule has 0 aromatic heterocycles. The van der Waals surface area contributed by atoms with Gasteiger partial charge in [-0.05, 0) is 17.2 Å². The molecule has 0 saturated carbocycles. The Hall–Kier alpha value is -2.00. The van der Waals surface area contributed by atoms with Crippen LogP contribution in [0.5, 0.6) is 5.75 Å². The maximum atomic E-state index is 12.4. The van der Waals surface area contributed by atoms with E-state index in [0.29, 0.717) is 12.3 Å². The summed E-state index contributed by atoms with van der Waals surface area (Å²) in [5, 5.41) is 2.96. The fraction of sp³-hybridized carbons (Fsp3) is 0.235. The number of fused-ring (bicyclic) bond motifs is 1. The van der Waals surface area contributed by atoms with E-state index in [1.54, 1.807) is 0 Å². The molecular formula is C17H16ClNO2. The first-order chi connectivity index (χ1) is 10.3. The smallest absolute Gasteiger partial charge is 0.261 e. The summed E-state index contributed by atoms with van der Waals surface area (Å²) >= 11 is 5.99. The molecule has 4 heteroatoms. The van der Waals surface area contributed by atoms with Gasteiger partial charge in [-0.2, -0.15) is 0 Å². The zero-order valence-electron chi connectivity index (χ0n) is 11.5. The minimum atomic E-state index is -0.475. The number of amides is 1. The van der Waals surface area contributed by atoms with Crippen LogP contribution in [0.2, 0.25) is 0 Å². The number of para-hydroxylation sites is 1. The minimum absolute atomic E-state index is 0.124. The van der Waals surface area contributed by atoms with Crippen LogP contribution in [0, 0.1) is 0 Å². The number of hydrogen-bond acceptors (Lipinski definition) is 2. The Balaban J connectivity index is 1.67. The van der Waals surface area contributed by atoms with Crippen LogP contribution in [0.3, 0.4) is 0 Å². The van der Waals surface area contributed by atoms with Crippen molar-refractivity contribution in [1.82, 2.24) is 5.32 Å². The lowest BCUT2D eigenvalue weighted by Gasteiger charge is -2.19. The van der Waals surface area contributed by atoms with Crippen molar-refractivity contribution in [3.05, 3.63) is 65.7 Å². The number of nitrogens with one attached hydrogen (secondary N) is 1. The Bertz CT molecular complexity index is 605. The Morgan fingerprint density at radius 3 is 2.62 bits per heavy atom. The second-order valence-corrected chi connectivity index (χ2v) is 5.35. The second kappa shape index (κ2) is 6.19. The molecule has 3 nitrogen and oxygen atoms in total. The van der Waals surface area contributed by atoms with Gasteiger partial charge in [0.1, 0.15) is 5.75 Å². The lowest BCUT2D eigenvalue weighted by Crippen LogP contribution is -2.40. The van der Waals surface area contributed by atoms with E-state index in [9.17, 15) is 4.79 Å². The highest BCUT2D eigenvalue weighted by Gasteiger charge is 2.30. The Morgan fingerprint density at radius 2 is 1.90 bits per heavy atom. The van der Waals surface area contributed by atoms with Crippen molar-refractivity contribution in [1.29, 1.82) is 0 Å². The van der Waals surface area contributed by atoms with E-state index in [-0.39, 0.29) is 11.9 Å². The van der Waals surface area contributed by atoms with Gasteiger partial charge in [-0.3, -0.25) is 4.79 Å². The first-order valence-electron chi connectivity index (χ1n) is 6.94. The van der Waals surface area contributed by atoms with Crippen molar-refractivity contribution in [3.8, 4) is 5.75 Å². The average Bonchev–Trinajstić information content (AvgIpc) is 2.97. The predicted molar refractivity (Wildman–Crippen MR) is 82.6 cm³/mol. The van der Waals surface area contributed by atoms with Crippen LogP contribution in [-0.4, -0.2) is 17.9 Å². The average molecular weight is 302 g/mol. The summed E-state index contributed by atoms with van der Waals surface area (Å²) in [4.78, 5) is 12.4. The van der Waals surface area contributed by atoms with Crippen LogP contribution < -0.4 is 10.1 Å². The van der Waals surface area contributed by atoms with Crippen molar-refractivity contribution < 1.29 is 9.53 Å². The van der Waals surface area contributed by atoms with Crippen LogP contribution >= 0.6 is 11.6 Å². The number of carbonyl (C=O) groups excluding carboxylic acids is 1. The molecule has 1 aliphatic rings. The van der Waals surface area contributed by atoms with Gasteiger partial charge in [0.05, 0.1) is 6.04 Å². The van der Waals surface area contributed by atoms with Gasteiger partial charge in [-0.15, -0.1) is 11.6 Å². The molecule has 3 rings (SSSR count). The molecule has 2 atom stereocenters. The molecule has 1 heterocycles. The van der Waals surface area contributed by atoms with Gasteiger partial charge >= 0.3 is 0 Å². The summed E-state index contributed by atoms with van der Waals surface area (Å²) in [5.41, 5.74) is 2.07.